The topological polar surface area (TPSA) is 138 Å². The number of para-hydroxylation sites is 2. The third kappa shape index (κ3) is 6.66. The van der Waals surface area contributed by atoms with Crippen molar-refractivity contribution < 1.29 is 31.8 Å². The first kappa shape index (κ1) is 27.2. The van der Waals surface area contributed by atoms with E-state index >= 15 is 0 Å². The van der Waals surface area contributed by atoms with Crippen LogP contribution in [0.1, 0.15) is 15.9 Å². The van der Waals surface area contributed by atoms with Crippen molar-refractivity contribution in [2.75, 3.05) is 42.3 Å². The van der Waals surface area contributed by atoms with Crippen molar-refractivity contribution in [1.29, 1.82) is 0 Å². The second kappa shape index (κ2) is 11.1. The van der Waals surface area contributed by atoms with Crippen LogP contribution in [0.4, 0.5) is 40.3 Å². The molecule has 8 N–H and O–H groups in total. The Morgan fingerprint density at radius 3 is 2.11 bits per heavy atom. The Labute approximate surface area is 210 Å². The molecule has 0 aliphatic rings. The Balaban J connectivity index is 1.77. The largest absolute Gasteiger partial charge is 0.497 e. The molecule has 0 saturated heterocycles. The fraction of sp³-hybridized carbons (Fsp3) is 0.240. The molecule has 0 unspecified atom stereocenters. The Kier molecular flexibility index (Phi) is 8.21. The molecule has 0 heterocycles. The Morgan fingerprint density at radius 2 is 1.51 bits per heavy atom. The number of nitrogen functional groups attached to an aromatic ring is 2. The van der Waals surface area contributed by atoms with Gasteiger partial charge < -0.3 is 37.3 Å². The smallest absolute Gasteiger partial charge is 0.328 e. The van der Waals surface area contributed by atoms with Crippen LogP contribution >= 0.6 is 0 Å². The van der Waals surface area contributed by atoms with Crippen molar-refractivity contribution in [2.24, 2.45) is 5.73 Å². The number of ether oxygens (including phenoxy) is 2. The van der Waals surface area contributed by atoms with Crippen LogP contribution in [0.25, 0.3) is 0 Å². The number of hydrogen-bond donors (Lipinski definition) is 5. The van der Waals surface area contributed by atoms with Gasteiger partial charge in [-0.05, 0) is 42.0 Å². The Morgan fingerprint density at radius 1 is 0.892 bits per heavy atom. The van der Waals surface area contributed by atoms with Crippen LogP contribution in [0.15, 0.2) is 60.7 Å². The second-order valence-electron chi connectivity index (χ2n) is 8.14. The fourth-order valence-corrected chi connectivity index (χ4v) is 3.29. The molecule has 37 heavy (non-hydrogen) atoms. The van der Waals surface area contributed by atoms with Gasteiger partial charge in [-0.25, -0.2) is 0 Å². The van der Waals surface area contributed by atoms with Crippen LogP contribution < -0.4 is 37.3 Å². The molecular weight excluding hydrogens is 494 g/mol. The van der Waals surface area contributed by atoms with Gasteiger partial charge in [-0.15, -0.1) is 0 Å². The summed E-state index contributed by atoms with van der Waals surface area (Å²) in [5.74, 6) is -9.31. The summed E-state index contributed by atoms with van der Waals surface area (Å²) in [4.78, 5) is 11.7. The van der Waals surface area contributed by atoms with E-state index in [2.05, 4.69) is 10.6 Å². The van der Waals surface area contributed by atoms with Crippen molar-refractivity contribution in [3.63, 3.8) is 0 Å². The first-order valence-electron chi connectivity index (χ1n) is 11.0. The lowest BCUT2D eigenvalue weighted by atomic mass is 10.1. The van der Waals surface area contributed by atoms with Crippen molar-refractivity contribution in [1.82, 2.24) is 0 Å². The summed E-state index contributed by atoms with van der Waals surface area (Å²) >= 11 is 0. The molecule has 12 heteroatoms. The van der Waals surface area contributed by atoms with Gasteiger partial charge in [0.25, 0.3) is 0 Å². The molecule has 8 nitrogen and oxygen atoms in total. The third-order valence-corrected chi connectivity index (χ3v) is 5.45. The Bertz CT molecular complexity index is 1240. The molecular formula is C25H27F4N5O3. The van der Waals surface area contributed by atoms with Crippen LogP contribution in [-0.2, 0) is 6.61 Å². The maximum absolute atomic E-state index is 14.6. The van der Waals surface area contributed by atoms with E-state index in [1.54, 1.807) is 30.3 Å². The molecule has 0 aliphatic carbocycles. The molecule has 3 aromatic rings. The molecule has 1 amide bonds. The van der Waals surface area contributed by atoms with E-state index in [-0.39, 0.29) is 40.7 Å². The van der Waals surface area contributed by atoms with Gasteiger partial charge in [0.15, 0.2) is 0 Å². The number of amides is 1. The van der Waals surface area contributed by atoms with E-state index in [0.717, 1.165) is 6.07 Å². The van der Waals surface area contributed by atoms with Crippen LogP contribution in [0.2, 0.25) is 0 Å². The lowest BCUT2D eigenvalue weighted by Gasteiger charge is -2.28. The van der Waals surface area contributed by atoms with Gasteiger partial charge in [0, 0.05) is 5.56 Å². The van der Waals surface area contributed by atoms with Gasteiger partial charge in [-0.1, -0.05) is 24.3 Å². The van der Waals surface area contributed by atoms with Gasteiger partial charge >= 0.3 is 11.8 Å². The minimum Gasteiger partial charge on any atom is -0.497 e. The minimum absolute atomic E-state index is 0.0463. The second-order valence-corrected chi connectivity index (χ2v) is 8.14. The van der Waals surface area contributed by atoms with Crippen molar-refractivity contribution in [2.45, 2.75) is 18.5 Å². The molecule has 198 valence electrons. The average Bonchev–Trinajstić information content (AvgIpc) is 2.86. The summed E-state index contributed by atoms with van der Waals surface area (Å²) in [7, 11) is 1.51. The summed E-state index contributed by atoms with van der Waals surface area (Å²) in [6.07, 6.45) is 0. The first-order valence-corrected chi connectivity index (χ1v) is 11.0. The van der Waals surface area contributed by atoms with E-state index in [0.29, 0.717) is 11.3 Å². The van der Waals surface area contributed by atoms with Crippen LogP contribution in [-0.4, -0.2) is 38.0 Å². The number of alkyl halides is 4. The number of carbonyl (C=O) groups is 1. The monoisotopic (exact) mass is 521 g/mol. The van der Waals surface area contributed by atoms with Crippen molar-refractivity contribution >= 4 is 28.7 Å². The molecule has 0 fully saturated rings. The van der Waals surface area contributed by atoms with Gasteiger partial charge in [-0.2, -0.15) is 17.6 Å². The summed E-state index contributed by atoms with van der Waals surface area (Å²) in [6, 6.07) is 15.1. The predicted molar refractivity (Wildman–Crippen MR) is 134 cm³/mol. The number of primary amides is 1. The van der Waals surface area contributed by atoms with E-state index in [1.807, 2.05) is 0 Å². The molecule has 3 aromatic carbocycles. The molecule has 0 aliphatic heterocycles. The average molecular weight is 522 g/mol. The number of nitrogens with one attached hydrogen (secondary N) is 2. The highest BCUT2D eigenvalue weighted by Crippen LogP contribution is 2.38. The maximum atomic E-state index is 14.6. The summed E-state index contributed by atoms with van der Waals surface area (Å²) in [6.45, 7) is -2.90. The number of carbonyl (C=O) groups excluding carboxylic acids is 1. The number of methoxy groups -OCH3 is 1. The van der Waals surface area contributed by atoms with E-state index < -0.39 is 30.8 Å². The predicted octanol–water partition coefficient (Wildman–Crippen LogP) is 4.33. The Hall–Kier alpha value is -4.35. The van der Waals surface area contributed by atoms with E-state index in [9.17, 15) is 22.4 Å². The normalized spacial score (nSPS) is 11.6. The quantitative estimate of drug-likeness (QED) is 0.177. The fourth-order valence-electron chi connectivity index (χ4n) is 3.29. The van der Waals surface area contributed by atoms with Crippen molar-refractivity contribution in [3.05, 3.63) is 71.8 Å². The summed E-state index contributed by atoms with van der Waals surface area (Å²) in [5, 5.41) is 4.51. The van der Waals surface area contributed by atoms with Crippen LogP contribution in [0, 0.1) is 0 Å². The van der Waals surface area contributed by atoms with Crippen molar-refractivity contribution in [3.8, 4) is 11.5 Å². The number of nitrogens with two attached hydrogens (primary N) is 3. The zero-order valence-corrected chi connectivity index (χ0v) is 19.9. The van der Waals surface area contributed by atoms with E-state index in [4.69, 9.17) is 26.7 Å². The highest BCUT2D eigenvalue weighted by atomic mass is 19.3. The molecule has 0 radical (unpaired) electrons. The zero-order chi connectivity index (χ0) is 27.2. The highest BCUT2D eigenvalue weighted by molar-refractivity contribution is 5.96. The minimum atomic E-state index is -4.51. The SMILES string of the molecule is COc1ccc(COc2cc(C(N)=O)cc(N)c2NCC(F)(F)C(F)(F)CNc2ccccc2N)cc1. The number of anilines is 4. The standard InChI is InChI=1S/C25H27F4N5O3/c1-36-17-8-6-15(7-9-17)12-37-21-11-16(23(32)35)10-19(31)22(21)34-14-25(28,29)24(26,27)13-33-20-5-3-2-4-18(20)30/h2-11,33-34H,12-14,30-31H2,1H3,(H2,32,35). The number of halogens is 4. The van der Waals surface area contributed by atoms with Crippen LogP contribution in [0.5, 0.6) is 11.5 Å². The van der Waals surface area contributed by atoms with Gasteiger partial charge in [0.05, 0.1) is 37.3 Å². The lowest BCUT2D eigenvalue weighted by Crippen LogP contribution is -2.50. The van der Waals surface area contributed by atoms with Gasteiger partial charge in [-0.3, -0.25) is 4.79 Å². The highest BCUT2D eigenvalue weighted by Gasteiger charge is 2.55. The summed E-state index contributed by atoms with van der Waals surface area (Å²) in [5.41, 5.74) is 17.4. The lowest BCUT2D eigenvalue weighted by molar-refractivity contribution is -0.191. The molecule has 0 aromatic heterocycles. The maximum Gasteiger partial charge on any atom is 0.328 e. The number of benzene rings is 3. The third-order valence-electron chi connectivity index (χ3n) is 5.45. The molecule has 3 rings (SSSR count). The molecule has 0 atom stereocenters. The number of hydrogen-bond acceptors (Lipinski definition) is 7. The van der Waals surface area contributed by atoms with E-state index in [1.165, 1.54) is 31.4 Å². The number of rotatable bonds is 12. The first-order chi connectivity index (χ1) is 17.4. The molecule has 0 spiro atoms. The summed E-state index contributed by atoms with van der Waals surface area (Å²) < 4.78 is 69.0. The van der Waals surface area contributed by atoms with Gasteiger partial charge in [0.2, 0.25) is 5.91 Å². The molecule has 0 bridgehead atoms. The van der Waals surface area contributed by atoms with Crippen LogP contribution in [0.3, 0.4) is 0 Å². The zero-order valence-electron chi connectivity index (χ0n) is 19.9. The van der Waals surface area contributed by atoms with Gasteiger partial charge in [0.1, 0.15) is 23.8 Å². The molecule has 0 saturated carbocycles.